The van der Waals surface area contributed by atoms with E-state index in [-0.39, 0.29) is 34.4 Å². The van der Waals surface area contributed by atoms with Crippen LogP contribution in [-0.4, -0.2) is 51.4 Å². The quantitative estimate of drug-likeness (QED) is 0.168. The van der Waals surface area contributed by atoms with Crippen LogP contribution in [0.15, 0.2) is 66.9 Å². The number of aromatic nitrogens is 3. The molecule has 6 nitrogen and oxygen atoms in total. The lowest BCUT2D eigenvalue weighted by molar-refractivity contribution is -0.127. The number of pyridine rings is 1. The fraction of sp³-hybridized carbons (Fsp3) is 0.258. The van der Waals surface area contributed by atoms with E-state index in [2.05, 4.69) is 27.0 Å². The molecule has 1 aliphatic heterocycles. The van der Waals surface area contributed by atoms with E-state index in [1.54, 1.807) is 66.4 Å². The number of allylic oxidation sites excluding steroid dienone is 1. The standard InChI is InChI=1S/C31H26F4N4O2/c1-2-7-28(40)39-15-6-10-23(19-39)41-27-14-12-22(18-36-27)29(21-11-13-26-24(16-21)30(32)38-37-26)25(17-31(33,34)35)20-8-4-3-5-9-20/h3-5,8-9,11-14,16,18,23H,6,10,15,17,19H2,1H3,(H,37,38). The zero-order valence-electron chi connectivity index (χ0n) is 22.1. The number of alkyl halides is 3. The van der Waals surface area contributed by atoms with Gasteiger partial charge in [0.1, 0.15) is 6.10 Å². The smallest absolute Gasteiger partial charge is 0.393 e. The first-order valence-corrected chi connectivity index (χ1v) is 13.1. The molecule has 5 rings (SSSR count). The van der Waals surface area contributed by atoms with Crippen molar-refractivity contribution >= 4 is 28.0 Å². The molecule has 210 valence electrons. The van der Waals surface area contributed by atoms with Gasteiger partial charge in [0.05, 0.1) is 23.9 Å². The predicted molar refractivity (Wildman–Crippen MR) is 147 cm³/mol. The van der Waals surface area contributed by atoms with Crippen LogP contribution in [0.5, 0.6) is 5.88 Å². The lowest BCUT2D eigenvalue weighted by Crippen LogP contribution is -2.44. The number of fused-ring (bicyclic) bond motifs is 1. The number of rotatable bonds is 6. The Bertz CT molecular complexity index is 1630. The molecular weight excluding hydrogens is 536 g/mol. The van der Waals surface area contributed by atoms with E-state index in [1.165, 1.54) is 12.3 Å². The maximum absolute atomic E-state index is 14.4. The Morgan fingerprint density at radius 2 is 1.88 bits per heavy atom. The molecule has 0 saturated carbocycles. The summed E-state index contributed by atoms with van der Waals surface area (Å²) in [5, 5.41) is 6.33. The fourth-order valence-corrected chi connectivity index (χ4v) is 5.00. The molecule has 1 N–H and O–H groups in total. The predicted octanol–water partition coefficient (Wildman–Crippen LogP) is 6.40. The van der Waals surface area contributed by atoms with Crippen molar-refractivity contribution in [3.8, 4) is 17.7 Å². The normalized spacial score (nSPS) is 16.1. The average molecular weight is 563 g/mol. The summed E-state index contributed by atoms with van der Waals surface area (Å²) in [4.78, 5) is 18.2. The second-order valence-electron chi connectivity index (χ2n) is 9.67. The van der Waals surface area contributed by atoms with Gasteiger partial charge in [0.25, 0.3) is 5.91 Å². The van der Waals surface area contributed by atoms with E-state index in [0.717, 1.165) is 12.8 Å². The molecule has 1 aliphatic rings. The van der Waals surface area contributed by atoms with Gasteiger partial charge in [-0.3, -0.25) is 9.89 Å². The Hall–Kier alpha value is -4.65. The van der Waals surface area contributed by atoms with Gasteiger partial charge in [-0.2, -0.15) is 22.7 Å². The van der Waals surface area contributed by atoms with E-state index in [4.69, 9.17) is 4.74 Å². The molecule has 1 saturated heterocycles. The van der Waals surface area contributed by atoms with E-state index in [9.17, 15) is 22.4 Å². The van der Waals surface area contributed by atoms with E-state index in [1.807, 2.05) is 0 Å². The number of piperidine rings is 1. The number of ether oxygens (including phenoxy) is 1. The first-order chi connectivity index (χ1) is 19.7. The molecule has 4 aromatic rings. The number of likely N-dealkylation sites (tertiary alicyclic amines) is 1. The number of carbonyl (C=O) groups excluding carboxylic acids is 1. The van der Waals surface area contributed by atoms with Crippen molar-refractivity contribution in [2.75, 3.05) is 13.1 Å². The fourth-order valence-electron chi connectivity index (χ4n) is 5.00. The highest BCUT2D eigenvalue weighted by atomic mass is 19.4. The highest BCUT2D eigenvalue weighted by molar-refractivity contribution is 6.00. The van der Waals surface area contributed by atoms with Crippen LogP contribution in [0.4, 0.5) is 17.6 Å². The van der Waals surface area contributed by atoms with Gasteiger partial charge in [-0.25, -0.2) is 4.98 Å². The number of aromatic amines is 1. The molecule has 2 aromatic carbocycles. The van der Waals surface area contributed by atoms with Gasteiger partial charge in [0.2, 0.25) is 11.8 Å². The monoisotopic (exact) mass is 562 g/mol. The second-order valence-corrected chi connectivity index (χ2v) is 9.67. The van der Waals surface area contributed by atoms with E-state index < -0.39 is 18.5 Å². The van der Waals surface area contributed by atoms with Gasteiger partial charge in [-0.05, 0) is 66.2 Å². The summed E-state index contributed by atoms with van der Waals surface area (Å²) in [6, 6.07) is 16.2. The molecule has 41 heavy (non-hydrogen) atoms. The number of hydrogen-bond donors (Lipinski definition) is 1. The molecular formula is C31H26F4N4O2. The molecule has 1 fully saturated rings. The summed E-state index contributed by atoms with van der Waals surface area (Å²) >= 11 is 0. The molecule has 1 atom stereocenters. The number of H-pyrrole nitrogens is 1. The molecule has 0 aliphatic carbocycles. The number of nitrogens with one attached hydrogen (secondary N) is 1. The van der Waals surface area contributed by atoms with Gasteiger partial charge in [-0.15, -0.1) is 0 Å². The van der Waals surface area contributed by atoms with Crippen molar-refractivity contribution in [2.45, 2.75) is 38.5 Å². The second kappa shape index (κ2) is 11.8. The summed E-state index contributed by atoms with van der Waals surface area (Å²) in [5.74, 6) is 4.49. The first kappa shape index (κ1) is 27.9. The largest absolute Gasteiger partial charge is 0.472 e. The summed E-state index contributed by atoms with van der Waals surface area (Å²) < 4.78 is 62.2. The molecule has 10 heteroatoms. The Labute approximate surface area is 234 Å². The average Bonchev–Trinajstić information content (AvgIpc) is 3.33. The van der Waals surface area contributed by atoms with Crippen molar-refractivity contribution in [1.82, 2.24) is 20.1 Å². The molecule has 0 spiro atoms. The molecule has 2 aromatic heterocycles. The third-order valence-corrected chi connectivity index (χ3v) is 6.81. The van der Waals surface area contributed by atoms with Crippen molar-refractivity contribution in [3.63, 3.8) is 0 Å². The number of nitrogens with zero attached hydrogens (tertiary/aromatic N) is 3. The lowest BCUT2D eigenvalue weighted by atomic mass is 9.88. The van der Waals surface area contributed by atoms with Crippen LogP contribution >= 0.6 is 0 Å². The van der Waals surface area contributed by atoms with Gasteiger partial charge >= 0.3 is 6.18 Å². The summed E-state index contributed by atoms with van der Waals surface area (Å²) in [5.41, 5.74) is 1.82. The van der Waals surface area contributed by atoms with Crippen LogP contribution in [0.2, 0.25) is 0 Å². The minimum absolute atomic E-state index is 0.0234. The SMILES string of the molecule is CC#CC(=O)N1CCCC(Oc2ccc(C(=C(CC(F)(F)F)c3ccccc3)c3ccc4n[nH]c(F)c4c3)cn2)C1. The maximum atomic E-state index is 14.4. The molecule has 1 unspecified atom stereocenters. The Morgan fingerprint density at radius 3 is 2.59 bits per heavy atom. The van der Waals surface area contributed by atoms with Crippen LogP contribution in [-0.2, 0) is 4.79 Å². The summed E-state index contributed by atoms with van der Waals surface area (Å²) in [6.45, 7) is 2.56. The lowest BCUT2D eigenvalue weighted by Gasteiger charge is -2.31. The first-order valence-electron chi connectivity index (χ1n) is 13.1. The van der Waals surface area contributed by atoms with Crippen molar-refractivity contribution in [1.29, 1.82) is 0 Å². The number of hydrogen-bond acceptors (Lipinski definition) is 4. The van der Waals surface area contributed by atoms with E-state index >= 15 is 0 Å². The van der Waals surface area contributed by atoms with Crippen molar-refractivity contribution < 1.29 is 27.1 Å². The van der Waals surface area contributed by atoms with E-state index in [0.29, 0.717) is 35.3 Å². The highest BCUT2D eigenvalue weighted by Crippen LogP contribution is 2.40. The summed E-state index contributed by atoms with van der Waals surface area (Å²) in [7, 11) is 0. The highest BCUT2D eigenvalue weighted by Gasteiger charge is 2.32. The van der Waals surface area contributed by atoms with Crippen molar-refractivity contribution in [3.05, 3.63) is 89.5 Å². The molecule has 0 bridgehead atoms. The third kappa shape index (κ3) is 6.57. The minimum atomic E-state index is -4.51. The van der Waals surface area contributed by atoms with Crippen LogP contribution in [0.1, 0.15) is 42.9 Å². The maximum Gasteiger partial charge on any atom is 0.393 e. The van der Waals surface area contributed by atoms with Gasteiger partial charge in [-0.1, -0.05) is 42.3 Å². The van der Waals surface area contributed by atoms with Crippen LogP contribution < -0.4 is 4.74 Å². The zero-order valence-corrected chi connectivity index (χ0v) is 22.1. The van der Waals surface area contributed by atoms with Crippen molar-refractivity contribution in [2.24, 2.45) is 0 Å². The van der Waals surface area contributed by atoms with Gasteiger partial charge in [0.15, 0.2) is 0 Å². The van der Waals surface area contributed by atoms with Crippen LogP contribution in [0.3, 0.4) is 0 Å². The Balaban J connectivity index is 1.55. The molecule has 1 amide bonds. The van der Waals surface area contributed by atoms with Gasteiger partial charge < -0.3 is 9.64 Å². The summed E-state index contributed by atoms with van der Waals surface area (Å²) in [6.07, 6.45) is -3.09. The number of amides is 1. The number of halogens is 4. The number of carbonyl (C=O) groups is 1. The molecule has 3 heterocycles. The third-order valence-electron chi connectivity index (χ3n) is 6.81. The molecule has 0 radical (unpaired) electrons. The van der Waals surface area contributed by atoms with Gasteiger partial charge in [0, 0.05) is 24.4 Å². The van der Waals surface area contributed by atoms with Crippen LogP contribution in [0.25, 0.3) is 22.0 Å². The zero-order chi connectivity index (χ0) is 29.0. The minimum Gasteiger partial charge on any atom is -0.472 e. The topological polar surface area (TPSA) is 71.1 Å². The number of benzene rings is 2. The Kier molecular flexibility index (Phi) is 8.06. The Morgan fingerprint density at radius 1 is 1.10 bits per heavy atom. The van der Waals surface area contributed by atoms with Crippen LogP contribution in [0, 0.1) is 17.8 Å².